The molecule has 1 amide bonds. The number of aromatic nitrogens is 1. The lowest BCUT2D eigenvalue weighted by atomic mass is 9.97. The van der Waals surface area contributed by atoms with Crippen LogP contribution in [-0.2, 0) is 9.53 Å². The van der Waals surface area contributed by atoms with Gasteiger partial charge in [-0.3, -0.25) is 9.59 Å². The summed E-state index contributed by atoms with van der Waals surface area (Å²) < 4.78 is 10.2. The summed E-state index contributed by atoms with van der Waals surface area (Å²) in [6.07, 6.45) is 2.71. The second-order valence-corrected chi connectivity index (χ2v) is 7.46. The molecule has 0 aliphatic carbocycles. The zero-order chi connectivity index (χ0) is 20.8. The van der Waals surface area contributed by atoms with Gasteiger partial charge in [0.25, 0.3) is 5.91 Å². The Balaban J connectivity index is 1.71. The maximum atomic E-state index is 12.7. The van der Waals surface area contributed by atoms with Gasteiger partial charge in [-0.15, -0.1) is 0 Å². The number of nitrogens with zero attached hydrogens (tertiary/aromatic N) is 1. The van der Waals surface area contributed by atoms with Gasteiger partial charge >= 0.3 is 5.97 Å². The van der Waals surface area contributed by atoms with Gasteiger partial charge in [-0.1, -0.05) is 19.9 Å². The number of hydrogen-bond donors (Lipinski definition) is 2. The molecule has 2 aromatic rings. The minimum absolute atomic E-state index is 0.115. The highest BCUT2D eigenvalue weighted by molar-refractivity contribution is 5.96. The number of carbonyl (C=O) groups excluding carboxylic acids is 2. The van der Waals surface area contributed by atoms with Gasteiger partial charge in [0, 0.05) is 24.5 Å². The molecule has 7 nitrogen and oxygen atoms in total. The first-order chi connectivity index (χ1) is 14.0. The Kier molecular flexibility index (Phi) is 6.69. The average molecular weight is 397 g/mol. The van der Waals surface area contributed by atoms with Crippen LogP contribution >= 0.6 is 0 Å². The number of nitrogens with one attached hydrogen (secondary N) is 2. The Morgan fingerprint density at radius 3 is 2.90 bits per heavy atom. The van der Waals surface area contributed by atoms with Gasteiger partial charge in [-0.25, -0.2) is 4.98 Å². The molecule has 2 N–H and O–H groups in total. The van der Waals surface area contributed by atoms with Crippen LogP contribution < -0.4 is 15.4 Å². The summed E-state index contributed by atoms with van der Waals surface area (Å²) in [6.45, 7) is 4.95. The van der Waals surface area contributed by atoms with Gasteiger partial charge in [-0.2, -0.15) is 0 Å². The van der Waals surface area contributed by atoms with Crippen LogP contribution in [0.3, 0.4) is 0 Å². The van der Waals surface area contributed by atoms with Crippen LogP contribution in [0, 0.1) is 5.92 Å². The first-order valence-electron chi connectivity index (χ1n) is 9.81. The monoisotopic (exact) mass is 397 g/mol. The Morgan fingerprint density at radius 1 is 1.34 bits per heavy atom. The van der Waals surface area contributed by atoms with E-state index in [0.29, 0.717) is 31.0 Å². The molecule has 1 fully saturated rings. The molecule has 0 bridgehead atoms. The molecule has 1 aromatic carbocycles. The van der Waals surface area contributed by atoms with E-state index >= 15 is 0 Å². The number of esters is 1. The third-order valence-electron chi connectivity index (χ3n) is 4.94. The van der Waals surface area contributed by atoms with Crippen LogP contribution in [0.15, 0.2) is 36.5 Å². The zero-order valence-corrected chi connectivity index (χ0v) is 17.0. The van der Waals surface area contributed by atoms with Crippen molar-refractivity contribution in [1.29, 1.82) is 0 Å². The maximum Gasteiger partial charge on any atom is 0.306 e. The van der Waals surface area contributed by atoms with E-state index in [-0.39, 0.29) is 23.7 Å². The van der Waals surface area contributed by atoms with Crippen molar-refractivity contribution in [2.24, 2.45) is 5.92 Å². The lowest BCUT2D eigenvalue weighted by Gasteiger charge is -2.22. The van der Waals surface area contributed by atoms with E-state index < -0.39 is 0 Å². The van der Waals surface area contributed by atoms with Crippen molar-refractivity contribution in [3.63, 3.8) is 0 Å². The molecule has 1 unspecified atom stereocenters. The summed E-state index contributed by atoms with van der Waals surface area (Å²) in [7, 11) is 1.62. The average Bonchev–Trinajstić information content (AvgIpc) is 2.72. The molecule has 0 saturated carbocycles. The zero-order valence-electron chi connectivity index (χ0n) is 17.0. The minimum atomic E-state index is -0.201. The number of amides is 1. The van der Waals surface area contributed by atoms with Crippen molar-refractivity contribution >= 4 is 23.4 Å². The number of carbonyl (C=O) groups is 2. The topological polar surface area (TPSA) is 89.5 Å². The predicted molar refractivity (Wildman–Crippen MR) is 111 cm³/mol. The van der Waals surface area contributed by atoms with E-state index in [2.05, 4.69) is 15.6 Å². The van der Waals surface area contributed by atoms with Gasteiger partial charge in [0.05, 0.1) is 25.7 Å². The molecule has 1 aromatic heterocycles. The molecule has 1 saturated heterocycles. The highest BCUT2D eigenvalue weighted by atomic mass is 16.5. The fourth-order valence-corrected chi connectivity index (χ4v) is 3.30. The smallest absolute Gasteiger partial charge is 0.306 e. The van der Waals surface area contributed by atoms with Crippen molar-refractivity contribution < 1.29 is 19.1 Å². The quantitative estimate of drug-likeness (QED) is 0.694. The molecular weight excluding hydrogens is 370 g/mol. The van der Waals surface area contributed by atoms with E-state index in [1.165, 1.54) is 0 Å². The largest absolute Gasteiger partial charge is 0.497 e. The number of methoxy groups -OCH3 is 1. The fraction of sp³-hybridized carbons (Fsp3) is 0.409. The summed E-state index contributed by atoms with van der Waals surface area (Å²) in [6, 6.07) is 9.48. The van der Waals surface area contributed by atoms with E-state index in [1.807, 2.05) is 44.2 Å². The SMILES string of the molecule is COc1cccc(Nc2cc(C(C)C)c(C(=O)NCC3CCOC(=O)C3)cn2)c1. The Morgan fingerprint density at radius 2 is 2.17 bits per heavy atom. The fourth-order valence-electron chi connectivity index (χ4n) is 3.30. The molecule has 1 atom stereocenters. The first-order valence-corrected chi connectivity index (χ1v) is 9.81. The molecule has 2 heterocycles. The van der Waals surface area contributed by atoms with Gasteiger partial charge in [0.2, 0.25) is 0 Å². The molecule has 7 heteroatoms. The summed E-state index contributed by atoms with van der Waals surface area (Å²) in [5, 5.41) is 6.20. The second-order valence-electron chi connectivity index (χ2n) is 7.46. The number of hydrogen-bond acceptors (Lipinski definition) is 6. The molecule has 29 heavy (non-hydrogen) atoms. The third-order valence-corrected chi connectivity index (χ3v) is 4.94. The van der Waals surface area contributed by atoms with E-state index in [4.69, 9.17) is 9.47 Å². The molecular formula is C22H27N3O4. The van der Waals surface area contributed by atoms with Crippen molar-refractivity contribution in [3.05, 3.63) is 47.7 Å². The van der Waals surface area contributed by atoms with Crippen LogP contribution in [0.2, 0.25) is 0 Å². The van der Waals surface area contributed by atoms with Crippen LogP contribution in [0.4, 0.5) is 11.5 Å². The summed E-state index contributed by atoms with van der Waals surface area (Å²) in [5.74, 6) is 1.30. The van der Waals surface area contributed by atoms with E-state index in [1.54, 1.807) is 13.3 Å². The van der Waals surface area contributed by atoms with Gasteiger partial charge < -0.3 is 20.1 Å². The van der Waals surface area contributed by atoms with Crippen molar-refractivity contribution in [2.45, 2.75) is 32.6 Å². The van der Waals surface area contributed by atoms with Crippen LogP contribution in [-0.4, -0.2) is 37.1 Å². The van der Waals surface area contributed by atoms with Crippen LogP contribution in [0.1, 0.15) is 48.5 Å². The number of rotatable bonds is 7. The Bertz CT molecular complexity index is 882. The highest BCUT2D eigenvalue weighted by Crippen LogP contribution is 2.25. The number of benzene rings is 1. The summed E-state index contributed by atoms with van der Waals surface area (Å²) >= 11 is 0. The van der Waals surface area contributed by atoms with E-state index in [0.717, 1.165) is 23.4 Å². The van der Waals surface area contributed by atoms with Crippen LogP contribution in [0.5, 0.6) is 5.75 Å². The molecule has 3 rings (SSSR count). The van der Waals surface area contributed by atoms with Gasteiger partial charge in [-0.05, 0) is 42.0 Å². The summed E-state index contributed by atoms with van der Waals surface area (Å²) in [4.78, 5) is 28.6. The second kappa shape index (κ2) is 9.41. The van der Waals surface area contributed by atoms with E-state index in [9.17, 15) is 9.59 Å². The standard InChI is InChI=1S/C22H27N3O4/c1-14(2)18-11-20(25-16-5-4-6-17(10-16)28-3)23-13-19(18)22(27)24-12-15-7-8-29-21(26)9-15/h4-6,10-11,13-15H,7-9,12H2,1-3H3,(H,23,25)(H,24,27). The van der Waals surface area contributed by atoms with Crippen molar-refractivity contribution in [1.82, 2.24) is 10.3 Å². The van der Waals surface area contributed by atoms with Crippen LogP contribution in [0.25, 0.3) is 0 Å². The number of ether oxygens (including phenoxy) is 2. The molecule has 0 spiro atoms. The lowest BCUT2D eigenvalue weighted by molar-refractivity contribution is -0.149. The molecule has 1 aliphatic rings. The Labute approximate surface area is 170 Å². The summed E-state index contributed by atoms with van der Waals surface area (Å²) in [5.41, 5.74) is 2.31. The number of cyclic esters (lactones) is 1. The molecule has 1 aliphatic heterocycles. The first kappa shape index (κ1) is 20.6. The van der Waals surface area contributed by atoms with Crippen molar-refractivity contribution in [3.8, 4) is 5.75 Å². The highest BCUT2D eigenvalue weighted by Gasteiger charge is 2.22. The minimum Gasteiger partial charge on any atom is -0.497 e. The number of anilines is 2. The normalized spacial score (nSPS) is 16.3. The van der Waals surface area contributed by atoms with Gasteiger partial charge in [0.1, 0.15) is 11.6 Å². The Hall–Kier alpha value is -3.09. The predicted octanol–water partition coefficient (Wildman–Crippen LogP) is 3.64. The molecule has 154 valence electrons. The molecule has 0 radical (unpaired) electrons. The third kappa shape index (κ3) is 5.47. The maximum absolute atomic E-state index is 12.7. The lowest BCUT2D eigenvalue weighted by Crippen LogP contribution is -2.34. The van der Waals surface area contributed by atoms with Gasteiger partial charge in [0.15, 0.2) is 0 Å². The van der Waals surface area contributed by atoms with Crippen molar-refractivity contribution in [2.75, 3.05) is 25.6 Å². The number of pyridine rings is 1.